The lowest BCUT2D eigenvalue weighted by Gasteiger charge is -2.05. The van der Waals surface area contributed by atoms with Gasteiger partial charge in [0.2, 0.25) is 10.0 Å². The van der Waals surface area contributed by atoms with Gasteiger partial charge in [-0.15, -0.1) is 0 Å². The van der Waals surface area contributed by atoms with Crippen LogP contribution in [0.3, 0.4) is 0 Å². The number of aryl methyl sites for hydroxylation is 1. The minimum Gasteiger partial charge on any atom is -0.395 e. The highest BCUT2D eigenvalue weighted by molar-refractivity contribution is 7.89. The van der Waals surface area contributed by atoms with Crippen LogP contribution in [0.25, 0.3) is 0 Å². The normalized spacial score (nSPS) is 11.6. The monoisotopic (exact) mass is 229 g/mol. The van der Waals surface area contributed by atoms with E-state index in [-0.39, 0.29) is 18.0 Å². The molecule has 0 aliphatic rings. The molecule has 0 aliphatic heterocycles. The number of aliphatic hydroxyl groups excluding tert-OH is 1. The quantitative estimate of drug-likeness (QED) is 0.773. The second-order valence-corrected chi connectivity index (χ2v) is 4.89. The third-order valence-corrected chi connectivity index (χ3v) is 3.52. The lowest BCUT2D eigenvalue weighted by atomic mass is 10.2. The molecule has 0 saturated heterocycles. The number of aliphatic hydroxyl groups is 1. The van der Waals surface area contributed by atoms with E-state index in [1.807, 2.05) is 6.92 Å². The van der Waals surface area contributed by atoms with E-state index in [1.165, 1.54) is 0 Å². The summed E-state index contributed by atoms with van der Waals surface area (Å²) in [6.07, 6.45) is 0.879. The van der Waals surface area contributed by atoms with Gasteiger partial charge in [0, 0.05) is 6.54 Å². The zero-order chi connectivity index (χ0) is 11.3. The van der Waals surface area contributed by atoms with Gasteiger partial charge in [-0.25, -0.2) is 13.1 Å². The SMILES string of the molecule is CCc1ccc(S(=O)(=O)NCCO)cc1. The molecule has 0 atom stereocenters. The summed E-state index contributed by atoms with van der Waals surface area (Å²) in [5.41, 5.74) is 1.09. The molecule has 0 heterocycles. The van der Waals surface area contributed by atoms with Gasteiger partial charge in [0.15, 0.2) is 0 Å². The molecule has 0 fully saturated rings. The van der Waals surface area contributed by atoms with Gasteiger partial charge in [-0.3, -0.25) is 0 Å². The maximum Gasteiger partial charge on any atom is 0.240 e. The van der Waals surface area contributed by atoms with Gasteiger partial charge >= 0.3 is 0 Å². The second-order valence-electron chi connectivity index (χ2n) is 3.12. The Morgan fingerprint density at radius 3 is 2.33 bits per heavy atom. The largest absolute Gasteiger partial charge is 0.395 e. The standard InChI is InChI=1S/C10H15NO3S/c1-2-9-3-5-10(6-4-9)15(13,14)11-7-8-12/h3-6,11-12H,2,7-8H2,1H3. The predicted molar refractivity (Wildman–Crippen MR) is 58.1 cm³/mol. The van der Waals surface area contributed by atoms with Crippen molar-refractivity contribution in [1.82, 2.24) is 4.72 Å². The van der Waals surface area contributed by atoms with Crippen LogP contribution >= 0.6 is 0 Å². The molecule has 5 heteroatoms. The predicted octanol–water partition coefficient (Wildman–Crippen LogP) is 0.520. The van der Waals surface area contributed by atoms with Crippen molar-refractivity contribution in [2.24, 2.45) is 0 Å². The van der Waals surface area contributed by atoms with Crippen LogP contribution < -0.4 is 4.72 Å². The Kier molecular flexibility index (Phi) is 4.26. The molecule has 1 aromatic rings. The lowest BCUT2D eigenvalue weighted by molar-refractivity contribution is 0.301. The van der Waals surface area contributed by atoms with Crippen LogP contribution in [0, 0.1) is 0 Å². The maximum atomic E-state index is 11.6. The molecule has 0 aliphatic carbocycles. The minimum absolute atomic E-state index is 0.0395. The molecular weight excluding hydrogens is 214 g/mol. The van der Waals surface area contributed by atoms with Gasteiger partial charge in [-0.2, -0.15) is 0 Å². The topological polar surface area (TPSA) is 66.4 Å². The van der Waals surface area contributed by atoms with E-state index in [0.29, 0.717) is 0 Å². The molecule has 0 bridgehead atoms. The number of nitrogens with one attached hydrogen (secondary N) is 1. The van der Waals surface area contributed by atoms with Crippen LogP contribution in [-0.4, -0.2) is 26.7 Å². The van der Waals surface area contributed by atoms with Gasteiger partial charge < -0.3 is 5.11 Å². The highest BCUT2D eigenvalue weighted by Gasteiger charge is 2.11. The van der Waals surface area contributed by atoms with Gasteiger partial charge in [0.1, 0.15) is 0 Å². The first-order valence-corrected chi connectivity index (χ1v) is 6.28. The number of rotatable bonds is 5. The Bertz CT molecular complexity index is 397. The molecule has 0 spiro atoms. The lowest BCUT2D eigenvalue weighted by Crippen LogP contribution is -2.26. The minimum atomic E-state index is -3.46. The third kappa shape index (κ3) is 3.30. The Balaban J connectivity index is 2.86. The van der Waals surface area contributed by atoms with Gasteiger partial charge in [0.05, 0.1) is 11.5 Å². The van der Waals surface area contributed by atoms with Crippen molar-refractivity contribution >= 4 is 10.0 Å². The molecule has 1 aromatic carbocycles. The Hall–Kier alpha value is -0.910. The average molecular weight is 229 g/mol. The van der Waals surface area contributed by atoms with Crippen molar-refractivity contribution in [1.29, 1.82) is 0 Å². The zero-order valence-corrected chi connectivity index (χ0v) is 9.42. The van der Waals surface area contributed by atoms with Crippen molar-refractivity contribution in [3.05, 3.63) is 29.8 Å². The first kappa shape index (κ1) is 12.2. The molecular formula is C10H15NO3S. The summed E-state index contributed by atoms with van der Waals surface area (Å²) < 4.78 is 25.4. The maximum absolute atomic E-state index is 11.6. The fourth-order valence-corrected chi connectivity index (χ4v) is 2.19. The van der Waals surface area contributed by atoms with Gasteiger partial charge in [0.25, 0.3) is 0 Å². The van der Waals surface area contributed by atoms with E-state index in [1.54, 1.807) is 24.3 Å². The molecule has 4 nitrogen and oxygen atoms in total. The molecule has 1 rings (SSSR count). The zero-order valence-electron chi connectivity index (χ0n) is 8.60. The molecule has 0 radical (unpaired) electrons. The molecule has 84 valence electrons. The summed E-state index contributed by atoms with van der Waals surface area (Å²) in [6.45, 7) is 1.84. The van der Waals surface area contributed by atoms with E-state index in [2.05, 4.69) is 4.72 Å². The van der Waals surface area contributed by atoms with Crippen LogP contribution in [-0.2, 0) is 16.4 Å². The van der Waals surface area contributed by atoms with Crippen molar-refractivity contribution in [3.63, 3.8) is 0 Å². The molecule has 0 aromatic heterocycles. The Morgan fingerprint density at radius 2 is 1.87 bits per heavy atom. The number of hydrogen-bond donors (Lipinski definition) is 2. The smallest absolute Gasteiger partial charge is 0.240 e. The van der Waals surface area contributed by atoms with Gasteiger partial charge in [-0.1, -0.05) is 19.1 Å². The van der Waals surface area contributed by atoms with E-state index in [0.717, 1.165) is 12.0 Å². The summed E-state index contributed by atoms with van der Waals surface area (Å²) in [5.74, 6) is 0. The summed E-state index contributed by atoms with van der Waals surface area (Å²) in [6, 6.07) is 6.71. The Morgan fingerprint density at radius 1 is 1.27 bits per heavy atom. The average Bonchev–Trinajstić information content (AvgIpc) is 2.26. The second kappa shape index (κ2) is 5.25. The molecule has 15 heavy (non-hydrogen) atoms. The number of hydrogen-bond acceptors (Lipinski definition) is 3. The molecule has 0 amide bonds. The first-order chi connectivity index (χ1) is 7.10. The summed E-state index contributed by atoms with van der Waals surface area (Å²) in [7, 11) is -3.46. The van der Waals surface area contributed by atoms with E-state index in [4.69, 9.17) is 5.11 Å². The van der Waals surface area contributed by atoms with Crippen molar-refractivity contribution in [2.45, 2.75) is 18.2 Å². The summed E-state index contributed by atoms with van der Waals surface area (Å²) in [5, 5.41) is 8.53. The van der Waals surface area contributed by atoms with E-state index in [9.17, 15) is 8.42 Å². The van der Waals surface area contributed by atoms with Crippen molar-refractivity contribution in [3.8, 4) is 0 Å². The van der Waals surface area contributed by atoms with E-state index < -0.39 is 10.0 Å². The van der Waals surface area contributed by atoms with Crippen LogP contribution in [0.15, 0.2) is 29.2 Å². The fraction of sp³-hybridized carbons (Fsp3) is 0.400. The van der Waals surface area contributed by atoms with E-state index >= 15 is 0 Å². The van der Waals surface area contributed by atoms with Gasteiger partial charge in [-0.05, 0) is 24.1 Å². The van der Waals surface area contributed by atoms with Crippen molar-refractivity contribution in [2.75, 3.05) is 13.2 Å². The Labute approximate surface area is 90.0 Å². The highest BCUT2D eigenvalue weighted by atomic mass is 32.2. The van der Waals surface area contributed by atoms with Crippen LogP contribution in [0.2, 0.25) is 0 Å². The fourth-order valence-electron chi connectivity index (χ4n) is 1.17. The van der Waals surface area contributed by atoms with Crippen LogP contribution in [0.1, 0.15) is 12.5 Å². The highest BCUT2D eigenvalue weighted by Crippen LogP contribution is 2.10. The summed E-state index contributed by atoms with van der Waals surface area (Å²) >= 11 is 0. The van der Waals surface area contributed by atoms with Crippen LogP contribution in [0.5, 0.6) is 0 Å². The molecule has 2 N–H and O–H groups in total. The third-order valence-electron chi connectivity index (χ3n) is 2.05. The number of sulfonamides is 1. The first-order valence-electron chi connectivity index (χ1n) is 4.79. The van der Waals surface area contributed by atoms with Crippen molar-refractivity contribution < 1.29 is 13.5 Å². The summed E-state index contributed by atoms with van der Waals surface area (Å²) in [4.78, 5) is 0.230. The molecule has 0 saturated carbocycles. The molecule has 0 unspecified atom stereocenters. The van der Waals surface area contributed by atoms with Crippen LogP contribution in [0.4, 0.5) is 0 Å². The number of benzene rings is 1.